The molecule has 3 aromatic carbocycles. The van der Waals surface area contributed by atoms with Crippen molar-refractivity contribution in [1.29, 1.82) is 0 Å². The van der Waals surface area contributed by atoms with Crippen LogP contribution in [0.4, 0.5) is 11.4 Å². The lowest BCUT2D eigenvalue weighted by Crippen LogP contribution is -2.31. The van der Waals surface area contributed by atoms with Gasteiger partial charge in [0.1, 0.15) is 5.58 Å². The Morgan fingerprint density at radius 1 is 1.00 bits per heavy atom. The summed E-state index contributed by atoms with van der Waals surface area (Å²) in [7, 11) is 3.85. The molecule has 0 spiro atoms. The van der Waals surface area contributed by atoms with Crippen LogP contribution in [0.25, 0.3) is 11.0 Å². The molecule has 6 rings (SSSR count). The maximum atomic E-state index is 13.8. The van der Waals surface area contributed by atoms with Crippen LogP contribution in [-0.2, 0) is 4.79 Å². The minimum atomic E-state index is -0.892. The molecule has 8 nitrogen and oxygen atoms in total. The first kappa shape index (κ1) is 23.2. The van der Waals surface area contributed by atoms with Crippen LogP contribution in [0.2, 0.25) is 0 Å². The third-order valence-electron chi connectivity index (χ3n) is 6.51. The molecule has 1 aromatic heterocycles. The second kappa shape index (κ2) is 8.70. The van der Waals surface area contributed by atoms with Crippen LogP contribution in [0.3, 0.4) is 0 Å². The van der Waals surface area contributed by atoms with E-state index in [-0.39, 0.29) is 18.1 Å². The van der Waals surface area contributed by atoms with E-state index in [2.05, 4.69) is 15.9 Å². The molecular formula is C28H21BrN2O6. The number of nitrogens with zero attached hydrogens (tertiary/aromatic N) is 2. The summed E-state index contributed by atoms with van der Waals surface area (Å²) in [6, 6.07) is 18.7. The number of ketones is 1. The number of halogens is 1. The van der Waals surface area contributed by atoms with Gasteiger partial charge in [-0.2, -0.15) is 0 Å². The normalized spacial score (nSPS) is 16.7. The van der Waals surface area contributed by atoms with Gasteiger partial charge in [-0.15, -0.1) is 0 Å². The van der Waals surface area contributed by atoms with Crippen molar-refractivity contribution in [3.8, 4) is 11.5 Å². The van der Waals surface area contributed by atoms with E-state index in [1.165, 1.54) is 4.90 Å². The number of furan rings is 1. The number of hydrogen-bond acceptors (Lipinski definition) is 7. The molecule has 0 fully saturated rings. The molecule has 0 radical (unpaired) electrons. The van der Waals surface area contributed by atoms with Crippen molar-refractivity contribution in [2.45, 2.75) is 6.04 Å². The summed E-state index contributed by atoms with van der Waals surface area (Å²) in [5.74, 6) is -0.805. The van der Waals surface area contributed by atoms with Gasteiger partial charge >= 0.3 is 0 Å². The third kappa shape index (κ3) is 3.82. The van der Waals surface area contributed by atoms with Gasteiger partial charge in [0, 0.05) is 41.4 Å². The highest BCUT2D eigenvalue weighted by Crippen LogP contribution is 2.45. The number of ether oxygens (including phenoxy) is 2. The van der Waals surface area contributed by atoms with Crippen LogP contribution < -0.4 is 19.3 Å². The van der Waals surface area contributed by atoms with E-state index in [9.17, 15) is 14.7 Å². The zero-order valence-electron chi connectivity index (χ0n) is 19.9. The Morgan fingerprint density at radius 3 is 2.51 bits per heavy atom. The standard InChI is InChI=1S/C28H21BrN2O6/c1-30(2)18-6-3-15(4-7-18)25-24(26(32)23-12-16-11-17(29)5-9-20(16)37-23)27(33)28(34)31(25)19-8-10-21-22(13-19)36-14-35-21/h3-13,25,33H,14H2,1-2H3. The van der Waals surface area contributed by atoms with Gasteiger partial charge in [-0.05, 0) is 54.1 Å². The van der Waals surface area contributed by atoms with E-state index in [1.54, 1.807) is 30.3 Å². The second-order valence-corrected chi connectivity index (χ2v) is 9.90. The van der Waals surface area contributed by atoms with Crippen molar-refractivity contribution >= 4 is 50.0 Å². The Labute approximate surface area is 220 Å². The molecule has 37 heavy (non-hydrogen) atoms. The summed E-state index contributed by atoms with van der Waals surface area (Å²) in [4.78, 5) is 30.6. The van der Waals surface area contributed by atoms with E-state index in [0.29, 0.717) is 28.3 Å². The van der Waals surface area contributed by atoms with Gasteiger partial charge in [-0.1, -0.05) is 28.1 Å². The van der Waals surface area contributed by atoms with E-state index >= 15 is 0 Å². The minimum Gasteiger partial charge on any atom is -0.503 e. The van der Waals surface area contributed by atoms with Gasteiger partial charge in [0.05, 0.1) is 11.6 Å². The van der Waals surface area contributed by atoms with E-state index < -0.39 is 23.5 Å². The number of hydrogen-bond donors (Lipinski definition) is 1. The average Bonchev–Trinajstić information content (AvgIpc) is 3.59. The number of amides is 1. The number of aliphatic hydroxyl groups is 1. The lowest BCUT2D eigenvalue weighted by atomic mass is 9.94. The predicted octanol–water partition coefficient (Wildman–Crippen LogP) is 5.77. The summed E-state index contributed by atoms with van der Waals surface area (Å²) in [5.41, 5.74) is 2.53. The van der Waals surface area contributed by atoms with Gasteiger partial charge in [-0.3, -0.25) is 14.5 Å². The monoisotopic (exact) mass is 560 g/mol. The summed E-state index contributed by atoms with van der Waals surface area (Å²) in [6.45, 7) is 0.0809. The van der Waals surface area contributed by atoms with E-state index in [1.807, 2.05) is 55.4 Å². The van der Waals surface area contributed by atoms with Crippen molar-refractivity contribution in [1.82, 2.24) is 0 Å². The molecule has 1 unspecified atom stereocenters. The molecule has 0 aliphatic carbocycles. The van der Waals surface area contributed by atoms with E-state index in [4.69, 9.17) is 13.9 Å². The topological polar surface area (TPSA) is 92.5 Å². The number of carbonyl (C=O) groups excluding carboxylic acids is 2. The van der Waals surface area contributed by atoms with Crippen molar-refractivity contribution in [3.05, 3.63) is 93.9 Å². The molecule has 1 N–H and O–H groups in total. The SMILES string of the molecule is CN(C)c1ccc(C2C(C(=O)c3cc4cc(Br)ccc4o3)=C(O)C(=O)N2c2ccc3c(c2)OCO3)cc1. The zero-order chi connectivity index (χ0) is 25.8. The highest BCUT2D eigenvalue weighted by molar-refractivity contribution is 9.10. The molecule has 1 amide bonds. The molecular weight excluding hydrogens is 540 g/mol. The van der Waals surface area contributed by atoms with Gasteiger partial charge in [0.15, 0.2) is 23.0 Å². The molecule has 3 heterocycles. The molecule has 2 aliphatic heterocycles. The Kier molecular flexibility index (Phi) is 5.45. The van der Waals surface area contributed by atoms with Gasteiger partial charge in [0.25, 0.3) is 5.91 Å². The number of anilines is 2. The Morgan fingerprint density at radius 2 is 1.76 bits per heavy atom. The van der Waals surface area contributed by atoms with E-state index in [0.717, 1.165) is 15.5 Å². The maximum absolute atomic E-state index is 13.8. The quantitative estimate of drug-likeness (QED) is 0.309. The number of Topliss-reactive ketones (excluding diaryl/α,β-unsaturated/α-hetero) is 1. The Bertz CT molecular complexity index is 1600. The zero-order valence-corrected chi connectivity index (χ0v) is 21.5. The van der Waals surface area contributed by atoms with Crippen LogP contribution in [0, 0.1) is 0 Å². The molecule has 0 saturated carbocycles. The number of benzene rings is 3. The van der Waals surface area contributed by atoms with Crippen LogP contribution >= 0.6 is 15.9 Å². The summed E-state index contributed by atoms with van der Waals surface area (Å²) < 4.78 is 17.6. The largest absolute Gasteiger partial charge is 0.503 e. The lowest BCUT2D eigenvalue weighted by molar-refractivity contribution is -0.117. The Balaban J connectivity index is 1.48. The van der Waals surface area contributed by atoms with Gasteiger partial charge in [0.2, 0.25) is 12.6 Å². The summed E-state index contributed by atoms with van der Waals surface area (Å²) in [5, 5.41) is 11.8. The molecule has 2 aliphatic rings. The number of rotatable bonds is 5. The number of carbonyl (C=O) groups is 2. The van der Waals surface area contributed by atoms with Crippen molar-refractivity contribution in [2.24, 2.45) is 0 Å². The Hall–Kier alpha value is -4.24. The third-order valence-corrected chi connectivity index (χ3v) is 7.01. The molecule has 186 valence electrons. The van der Waals surface area contributed by atoms with Gasteiger partial charge in [-0.25, -0.2) is 0 Å². The summed E-state index contributed by atoms with van der Waals surface area (Å²) >= 11 is 3.42. The maximum Gasteiger partial charge on any atom is 0.294 e. The number of aliphatic hydroxyl groups excluding tert-OH is 1. The first-order valence-corrected chi connectivity index (χ1v) is 12.3. The van der Waals surface area contributed by atoms with Crippen LogP contribution in [0.15, 0.2) is 87.0 Å². The van der Waals surface area contributed by atoms with Crippen molar-refractivity contribution in [2.75, 3.05) is 30.7 Å². The van der Waals surface area contributed by atoms with Crippen molar-refractivity contribution in [3.63, 3.8) is 0 Å². The summed E-state index contributed by atoms with van der Waals surface area (Å²) in [6.07, 6.45) is 0. The molecule has 0 bridgehead atoms. The molecule has 0 saturated heterocycles. The number of fused-ring (bicyclic) bond motifs is 2. The first-order valence-electron chi connectivity index (χ1n) is 11.5. The highest BCUT2D eigenvalue weighted by Gasteiger charge is 2.45. The second-order valence-electron chi connectivity index (χ2n) is 8.99. The average molecular weight is 561 g/mol. The predicted molar refractivity (Wildman–Crippen MR) is 141 cm³/mol. The molecule has 4 aromatic rings. The fourth-order valence-corrected chi connectivity index (χ4v) is 5.05. The lowest BCUT2D eigenvalue weighted by Gasteiger charge is -2.27. The minimum absolute atomic E-state index is 0.0323. The first-order chi connectivity index (χ1) is 17.8. The fourth-order valence-electron chi connectivity index (χ4n) is 4.67. The van der Waals surface area contributed by atoms with Crippen LogP contribution in [-0.4, -0.2) is 37.7 Å². The molecule has 9 heteroatoms. The van der Waals surface area contributed by atoms with Crippen LogP contribution in [0.5, 0.6) is 11.5 Å². The van der Waals surface area contributed by atoms with Crippen molar-refractivity contribution < 1.29 is 28.6 Å². The van der Waals surface area contributed by atoms with Crippen LogP contribution in [0.1, 0.15) is 22.2 Å². The highest BCUT2D eigenvalue weighted by atomic mass is 79.9. The smallest absolute Gasteiger partial charge is 0.294 e. The fraction of sp³-hybridized carbons (Fsp3) is 0.143. The van der Waals surface area contributed by atoms with Gasteiger partial charge < -0.3 is 23.9 Å². The molecule has 1 atom stereocenters.